The van der Waals surface area contributed by atoms with Crippen LogP contribution >= 0.6 is 0 Å². The van der Waals surface area contributed by atoms with Gasteiger partial charge in [0, 0.05) is 19.0 Å². The standard InChI is InChI=1S/C17H21NO4/c19-12-13-10-16(11-13)21-15-6-8-18(9-7-15)22-17(20)14-4-2-1-3-5-14/h1-5,12-13,15-16H,6-11H2. The highest BCUT2D eigenvalue weighted by molar-refractivity contribution is 5.89. The van der Waals surface area contributed by atoms with Gasteiger partial charge in [0.2, 0.25) is 0 Å². The van der Waals surface area contributed by atoms with Gasteiger partial charge in [-0.1, -0.05) is 18.2 Å². The number of hydrogen-bond donors (Lipinski definition) is 0. The van der Waals surface area contributed by atoms with Crippen LogP contribution in [0, 0.1) is 5.92 Å². The Balaban J connectivity index is 1.39. The summed E-state index contributed by atoms with van der Waals surface area (Å²) in [4.78, 5) is 27.9. The van der Waals surface area contributed by atoms with E-state index < -0.39 is 0 Å². The highest BCUT2D eigenvalue weighted by Gasteiger charge is 2.33. The molecule has 1 aromatic carbocycles. The number of piperidine rings is 1. The molecule has 5 nitrogen and oxygen atoms in total. The van der Waals surface area contributed by atoms with Crippen LogP contribution in [0.2, 0.25) is 0 Å². The molecule has 22 heavy (non-hydrogen) atoms. The Morgan fingerprint density at radius 2 is 1.77 bits per heavy atom. The number of carbonyl (C=O) groups excluding carboxylic acids is 2. The minimum atomic E-state index is -0.312. The van der Waals surface area contributed by atoms with Crippen LogP contribution in [0.1, 0.15) is 36.0 Å². The fourth-order valence-corrected chi connectivity index (χ4v) is 2.90. The summed E-state index contributed by atoms with van der Waals surface area (Å²) in [6, 6.07) is 9.01. The molecule has 3 rings (SSSR count). The third-order valence-electron chi connectivity index (χ3n) is 4.33. The number of nitrogens with zero attached hydrogens (tertiary/aromatic N) is 1. The zero-order chi connectivity index (χ0) is 15.4. The maximum Gasteiger partial charge on any atom is 0.357 e. The largest absolute Gasteiger partial charge is 0.375 e. The Morgan fingerprint density at radius 1 is 1.09 bits per heavy atom. The van der Waals surface area contributed by atoms with Gasteiger partial charge >= 0.3 is 5.97 Å². The van der Waals surface area contributed by atoms with Gasteiger partial charge in [-0.2, -0.15) is 0 Å². The quantitative estimate of drug-likeness (QED) is 0.781. The predicted octanol–water partition coefficient (Wildman–Crippen LogP) is 2.22. The number of hydroxylamine groups is 2. The second-order valence-electron chi connectivity index (χ2n) is 6.00. The Bertz CT molecular complexity index is 505. The number of benzene rings is 1. The summed E-state index contributed by atoms with van der Waals surface area (Å²) in [5.41, 5.74) is 0.565. The molecule has 1 aliphatic heterocycles. The fourth-order valence-electron chi connectivity index (χ4n) is 2.90. The zero-order valence-corrected chi connectivity index (χ0v) is 12.5. The van der Waals surface area contributed by atoms with Gasteiger partial charge in [0.05, 0.1) is 17.8 Å². The first-order valence-electron chi connectivity index (χ1n) is 7.87. The molecule has 118 valence electrons. The lowest BCUT2D eigenvalue weighted by atomic mass is 9.83. The Hall–Kier alpha value is -1.72. The molecule has 1 heterocycles. The van der Waals surface area contributed by atoms with Crippen molar-refractivity contribution in [1.29, 1.82) is 0 Å². The SMILES string of the molecule is O=CC1CC(OC2CCN(OC(=O)c3ccccc3)CC2)C1. The molecule has 0 spiro atoms. The molecule has 0 atom stereocenters. The average molecular weight is 303 g/mol. The second kappa shape index (κ2) is 7.03. The monoisotopic (exact) mass is 303 g/mol. The van der Waals surface area contributed by atoms with Crippen LogP contribution in [0.4, 0.5) is 0 Å². The number of rotatable bonds is 5. The van der Waals surface area contributed by atoms with E-state index in [1.165, 1.54) is 0 Å². The van der Waals surface area contributed by atoms with E-state index >= 15 is 0 Å². The number of ether oxygens (including phenoxy) is 1. The van der Waals surface area contributed by atoms with E-state index in [-0.39, 0.29) is 24.1 Å². The van der Waals surface area contributed by atoms with Crippen molar-refractivity contribution in [3.8, 4) is 0 Å². The minimum Gasteiger partial charge on any atom is -0.375 e. The molecule has 0 bridgehead atoms. The second-order valence-corrected chi connectivity index (χ2v) is 6.00. The van der Waals surface area contributed by atoms with Gasteiger partial charge < -0.3 is 14.4 Å². The molecule has 0 N–H and O–H groups in total. The smallest absolute Gasteiger partial charge is 0.357 e. The summed E-state index contributed by atoms with van der Waals surface area (Å²) in [6.45, 7) is 1.38. The normalized spacial score (nSPS) is 26.2. The molecule has 2 aliphatic rings. The highest BCUT2D eigenvalue weighted by Crippen LogP contribution is 2.31. The summed E-state index contributed by atoms with van der Waals surface area (Å²) in [5.74, 6) is -0.121. The molecular weight excluding hydrogens is 282 g/mol. The van der Waals surface area contributed by atoms with E-state index in [0.29, 0.717) is 18.7 Å². The van der Waals surface area contributed by atoms with Gasteiger partial charge in [0.15, 0.2) is 0 Å². The molecule has 5 heteroatoms. The lowest BCUT2D eigenvalue weighted by Crippen LogP contribution is -2.42. The first-order chi connectivity index (χ1) is 10.7. The third-order valence-corrected chi connectivity index (χ3v) is 4.33. The maximum absolute atomic E-state index is 12.0. The van der Waals surface area contributed by atoms with E-state index in [4.69, 9.17) is 9.57 Å². The summed E-state index contributed by atoms with van der Waals surface area (Å²) in [7, 11) is 0. The Kier molecular flexibility index (Phi) is 4.85. The van der Waals surface area contributed by atoms with Gasteiger partial charge in [0.1, 0.15) is 6.29 Å². The molecule has 1 aliphatic carbocycles. The van der Waals surface area contributed by atoms with Crippen molar-refractivity contribution in [2.24, 2.45) is 5.92 Å². The van der Waals surface area contributed by atoms with E-state index in [9.17, 15) is 9.59 Å². The molecule has 0 amide bonds. The fraction of sp³-hybridized carbons (Fsp3) is 0.529. The summed E-state index contributed by atoms with van der Waals surface area (Å²) >= 11 is 0. The van der Waals surface area contributed by atoms with Crippen molar-refractivity contribution in [2.45, 2.75) is 37.9 Å². The molecule has 1 saturated carbocycles. The minimum absolute atomic E-state index is 0.192. The summed E-state index contributed by atoms with van der Waals surface area (Å²) in [5, 5.41) is 1.71. The van der Waals surface area contributed by atoms with Gasteiger partial charge in [-0.3, -0.25) is 0 Å². The first kappa shape index (κ1) is 15.2. The van der Waals surface area contributed by atoms with E-state index in [1.807, 2.05) is 18.2 Å². The van der Waals surface area contributed by atoms with E-state index in [2.05, 4.69) is 0 Å². The van der Waals surface area contributed by atoms with Crippen LogP contribution < -0.4 is 0 Å². The molecule has 0 aromatic heterocycles. The van der Waals surface area contributed by atoms with Crippen molar-refractivity contribution in [2.75, 3.05) is 13.1 Å². The van der Waals surface area contributed by atoms with Crippen molar-refractivity contribution in [3.63, 3.8) is 0 Å². The van der Waals surface area contributed by atoms with Gasteiger partial charge in [-0.05, 0) is 37.8 Å². The van der Waals surface area contributed by atoms with Crippen LogP contribution in [0.15, 0.2) is 30.3 Å². The first-order valence-corrected chi connectivity index (χ1v) is 7.87. The topological polar surface area (TPSA) is 55.8 Å². The van der Waals surface area contributed by atoms with E-state index in [1.54, 1.807) is 17.2 Å². The molecule has 0 unspecified atom stereocenters. The molecule has 2 fully saturated rings. The van der Waals surface area contributed by atoms with Crippen LogP contribution in [0.3, 0.4) is 0 Å². The Labute approximate surface area is 130 Å². The van der Waals surface area contributed by atoms with Crippen LogP contribution in [-0.2, 0) is 14.4 Å². The maximum atomic E-state index is 12.0. The van der Waals surface area contributed by atoms with Gasteiger partial charge in [0.25, 0.3) is 0 Å². The third kappa shape index (κ3) is 3.72. The van der Waals surface area contributed by atoms with E-state index in [0.717, 1.165) is 32.0 Å². The Morgan fingerprint density at radius 3 is 2.41 bits per heavy atom. The van der Waals surface area contributed by atoms with Crippen molar-refractivity contribution in [1.82, 2.24) is 5.06 Å². The van der Waals surface area contributed by atoms with Crippen molar-refractivity contribution >= 4 is 12.3 Å². The number of carbonyl (C=O) groups is 2. The van der Waals surface area contributed by atoms with Crippen LogP contribution in [0.25, 0.3) is 0 Å². The highest BCUT2D eigenvalue weighted by atomic mass is 16.7. The number of aldehydes is 1. The molecule has 1 aromatic rings. The molecule has 1 saturated heterocycles. The van der Waals surface area contributed by atoms with Crippen molar-refractivity contribution in [3.05, 3.63) is 35.9 Å². The lowest BCUT2D eigenvalue weighted by Gasteiger charge is -2.37. The summed E-state index contributed by atoms with van der Waals surface area (Å²) < 4.78 is 5.97. The van der Waals surface area contributed by atoms with Crippen LogP contribution in [-0.4, -0.2) is 42.6 Å². The number of hydrogen-bond acceptors (Lipinski definition) is 5. The lowest BCUT2D eigenvalue weighted by molar-refractivity contribution is -0.158. The van der Waals surface area contributed by atoms with Crippen LogP contribution in [0.5, 0.6) is 0 Å². The van der Waals surface area contributed by atoms with Crippen molar-refractivity contribution < 1.29 is 19.2 Å². The molecular formula is C17H21NO4. The predicted molar refractivity (Wildman–Crippen MR) is 80.1 cm³/mol. The molecule has 0 radical (unpaired) electrons. The average Bonchev–Trinajstić information content (AvgIpc) is 2.53. The van der Waals surface area contributed by atoms with Gasteiger partial charge in [-0.15, -0.1) is 5.06 Å². The zero-order valence-electron chi connectivity index (χ0n) is 12.5. The summed E-state index contributed by atoms with van der Waals surface area (Å²) in [6.07, 6.45) is 4.88. The van der Waals surface area contributed by atoms with Gasteiger partial charge in [-0.25, -0.2) is 4.79 Å².